The zero-order chi connectivity index (χ0) is 20.5. The SMILES string of the molecule is Cc1ccc(S(=O)(=O)[C@@H]2CC(C)(C(=O)OC(C)C)N[C@@H]2c2ccccc2)cc1. The molecule has 1 fully saturated rings. The number of rotatable bonds is 5. The van der Waals surface area contributed by atoms with Crippen LogP contribution in [0.25, 0.3) is 0 Å². The van der Waals surface area contributed by atoms with E-state index >= 15 is 0 Å². The van der Waals surface area contributed by atoms with Crippen molar-refractivity contribution in [2.75, 3.05) is 0 Å². The van der Waals surface area contributed by atoms with Crippen LogP contribution in [0.15, 0.2) is 59.5 Å². The Labute approximate surface area is 167 Å². The molecule has 1 aliphatic heterocycles. The number of esters is 1. The smallest absolute Gasteiger partial charge is 0.326 e. The summed E-state index contributed by atoms with van der Waals surface area (Å²) in [7, 11) is -3.66. The molecule has 5 nitrogen and oxygen atoms in total. The summed E-state index contributed by atoms with van der Waals surface area (Å²) in [5, 5.41) is 2.50. The van der Waals surface area contributed by atoms with Gasteiger partial charge in [-0.1, -0.05) is 48.0 Å². The first-order valence-corrected chi connectivity index (χ1v) is 11.0. The number of sulfone groups is 1. The fourth-order valence-electron chi connectivity index (χ4n) is 3.65. The minimum absolute atomic E-state index is 0.147. The van der Waals surface area contributed by atoms with Gasteiger partial charge in [0, 0.05) is 0 Å². The first-order valence-electron chi connectivity index (χ1n) is 9.48. The van der Waals surface area contributed by atoms with E-state index in [0.29, 0.717) is 0 Å². The second-order valence-corrected chi connectivity index (χ2v) is 10.1. The largest absolute Gasteiger partial charge is 0.462 e. The molecule has 0 aliphatic carbocycles. The summed E-state index contributed by atoms with van der Waals surface area (Å²) in [5.41, 5.74) is 0.755. The van der Waals surface area contributed by atoms with Crippen LogP contribution in [0.5, 0.6) is 0 Å². The first kappa shape index (κ1) is 20.6. The summed E-state index contributed by atoms with van der Waals surface area (Å²) in [6.45, 7) is 7.20. The third-order valence-electron chi connectivity index (χ3n) is 5.16. The Morgan fingerprint density at radius 3 is 2.29 bits per heavy atom. The minimum atomic E-state index is -3.66. The molecule has 28 heavy (non-hydrogen) atoms. The number of hydrogen-bond acceptors (Lipinski definition) is 5. The van der Waals surface area contributed by atoms with Crippen LogP contribution in [0.2, 0.25) is 0 Å². The second kappa shape index (κ2) is 7.68. The summed E-state index contributed by atoms with van der Waals surface area (Å²) in [4.78, 5) is 13.0. The molecule has 1 N–H and O–H groups in total. The van der Waals surface area contributed by atoms with Gasteiger partial charge in [-0.15, -0.1) is 0 Å². The van der Waals surface area contributed by atoms with Gasteiger partial charge in [0.15, 0.2) is 9.84 Å². The Morgan fingerprint density at radius 2 is 1.71 bits per heavy atom. The lowest BCUT2D eigenvalue weighted by atomic mass is 9.99. The Bertz CT molecular complexity index is 938. The molecule has 1 saturated heterocycles. The normalized spacial score (nSPS) is 25.0. The number of hydrogen-bond donors (Lipinski definition) is 1. The standard InChI is InChI=1S/C22H27NO4S/c1-15(2)27-21(24)22(4)14-19(20(23-22)17-8-6-5-7-9-17)28(25,26)18-12-10-16(3)11-13-18/h5-13,15,19-20,23H,14H2,1-4H3/t19-,20-,22?/m1/s1. The lowest BCUT2D eigenvalue weighted by Crippen LogP contribution is -2.47. The van der Waals surface area contributed by atoms with Gasteiger partial charge in [0.2, 0.25) is 0 Å². The van der Waals surface area contributed by atoms with Crippen molar-refractivity contribution in [1.82, 2.24) is 5.32 Å². The van der Waals surface area contributed by atoms with E-state index in [-0.39, 0.29) is 17.4 Å². The van der Waals surface area contributed by atoms with E-state index < -0.39 is 32.6 Å². The van der Waals surface area contributed by atoms with Gasteiger partial charge in [-0.05, 0) is 51.8 Å². The van der Waals surface area contributed by atoms with Crippen molar-refractivity contribution < 1.29 is 17.9 Å². The minimum Gasteiger partial charge on any atom is -0.462 e. The number of nitrogens with one attached hydrogen (secondary N) is 1. The third kappa shape index (κ3) is 3.98. The van der Waals surface area contributed by atoms with E-state index in [1.165, 1.54) is 0 Å². The van der Waals surface area contributed by atoms with Gasteiger partial charge in [0.25, 0.3) is 0 Å². The van der Waals surface area contributed by atoms with E-state index in [4.69, 9.17) is 4.74 Å². The van der Waals surface area contributed by atoms with Crippen LogP contribution < -0.4 is 5.32 Å². The maximum atomic E-state index is 13.5. The fraction of sp³-hybridized carbons (Fsp3) is 0.409. The number of benzene rings is 2. The first-order chi connectivity index (χ1) is 13.1. The predicted molar refractivity (Wildman–Crippen MR) is 109 cm³/mol. The number of aryl methyl sites for hydroxylation is 1. The summed E-state index contributed by atoms with van der Waals surface area (Å²) < 4.78 is 32.3. The van der Waals surface area contributed by atoms with E-state index in [1.54, 1.807) is 45.0 Å². The molecule has 0 amide bonds. The van der Waals surface area contributed by atoms with Crippen molar-refractivity contribution in [2.24, 2.45) is 0 Å². The Hall–Kier alpha value is -2.18. The molecule has 0 bridgehead atoms. The molecule has 1 aliphatic rings. The maximum absolute atomic E-state index is 13.5. The highest BCUT2D eigenvalue weighted by Crippen LogP contribution is 2.40. The number of carbonyl (C=O) groups excluding carboxylic acids is 1. The molecule has 3 rings (SSSR count). The Morgan fingerprint density at radius 1 is 1.11 bits per heavy atom. The Kier molecular flexibility index (Phi) is 5.64. The molecule has 0 saturated carbocycles. The van der Waals surface area contributed by atoms with Crippen LogP contribution in [0.1, 0.15) is 44.4 Å². The average Bonchev–Trinajstić information content (AvgIpc) is 3.02. The van der Waals surface area contributed by atoms with Crippen molar-refractivity contribution in [3.63, 3.8) is 0 Å². The molecule has 3 atom stereocenters. The summed E-state index contributed by atoms with van der Waals surface area (Å²) in [6.07, 6.45) is -0.122. The molecule has 2 aromatic rings. The summed E-state index contributed by atoms with van der Waals surface area (Å²) in [5.74, 6) is -0.426. The van der Waals surface area contributed by atoms with Gasteiger partial charge in [-0.3, -0.25) is 10.1 Å². The molecule has 1 unspecified atom stereocenters. The molecule has 6 heteroatoms. The van der Waals surface area contributed by atoms with Crippen molar-refractivity contribution in [3.8, 4) is 0 Å². The lowest BCUT2D eigenvalue weighted by Gasteiger charge is -2.25. The van der Waals surface area contributed by atoms with Crippen LogP contribution in [-0.2, 0) is 19.4 Å². The van der Waals surface area contributed by atoms with Crippen LogP contribution in [-0.4, -0.2) is 31.3 Å². The third-order valence-corrected chi connectivity index (χ3v) is 7.32. The quantitative estimate of drug-likeness (QED) is 0.776. The van der Waals surface area contributed by atoms with Gasteiger partial charge in [0.1, 0.15) is 5.54 Å². The predicted octanol–water partition coefficient (Wildman–Crippen LogP) is 3.58. The molecule has 150 valence electrons. The van der Waals surface area contributed by atoms with Crippen LogP contribution in [0.3, 0.4) is 0 Å². The zero-order valence-corrected chi connectivity index (χ0v) is 17.5. The average molecular weight is 402 g/mol. The van der Waals surface area contributed by atoms with Gasteiger partial charge in [-0.2, -0.15) is 0 Å². The van der Waals surface area contributed by atoms with Crippen molar-refractivity contribution in [1.29, 1.82) is 0 Å². The fourth-order valence-corrected chi connectivity index (χ4v) is 5.65. The van der Waals surface area contributed by atoms with Crippen molar-refractivity contribution >= 4 is 15.8 Å². The number of carbonyl (C=O) groups is 1. The van der Waals surface area contributed by atoms with E-state index in [0.717, 1.165) is 11.1 Å². The molecular formula is C22H27NO4S. The Balaban J connectivity index is 2.03. The molecule has 0 spiro atoms. The summed E-state index contributed by atoms with van der Waals surface area (Å²) >= 11 is 0. The lowest BCUT2D eigenvalue weighted by molar-refractivity contribution is -0.154. The van der Waals surface area contributed by atoms with Crippen LogP contribution in [0, 0.1) is 6.92 Å². The summed E-state index contributed by atoms with van der Waals surface area (Å²) in [6, 6.07) is 15.7. The highest BCUT2D eigenvalue weighted by molar-refractivity contribution is 7.92. The van der Waals surface area contributed by atoms with Crippen molar-refractivity contribution in [2.45, 2.75) is 61.9 Å². The van der Waals surface area contributed by atoms with Crippen molar-refractivity contribution in [3.05, 3.63) is 65.7 Å². The molecule has 2 aromatic carbocycles. The topological polar surface area (TPSA) is 72.5 Å². The van der Waals surface area contributed by atoms with E-state index in [1.807, 2.05) is 37.3 Å². The van der Waals surface area contributed by atoms with Gasteiger partial charge in [0.05, 0.1) is 22.3 Å². The van der Waals surface area contributed by atoms with Gasteiger partial charge < -0.3 is 4.74 Å². The molecule has 1 heterocycles. The second-order valence-electron chi connectivity index (χ2n) is 7.92. The maximum Gasteiger partial charge on any atom is 0.326 e. The van der Waals surface area contributed by atoms with Gasteiger partial charge in [-0.25, -0.2) is 8.42 Å². The van der Waals surface area contributed by atoms with E-state index in [9.17, 15) is 13.2 Å². The van der Waals surface area contributed by atoms with Crippen LogP contribution >= 0.6 is 0 Å². The monoisotopic (exact) mass is 401 g/mol. The zero-order valence-electron chi connectivity index (χ0n) is 16.7. The highest BCUT2D eigenvalue weighted by Gasteiger charge is 2.53. The van der Waals surface area contributed by atoms with Crippen LogP contribution in [0.4, 0.5) is 0 Å². The molecule has 0 aromatic heterocycles. The van der Waals surface area contributed by atoms with E-state index in [2.05, 4.69) is 5.32 Å². The molecule has 0 radical (unpaired) electrons. The highest BCUT2D eigenvalue weighted by atomic mass is 32.2. The van der Waals surface area contributed by atoms with Gasteiger partial charge >= 0.3 is 5.97 Å². The number of ether oxygens (including phenoxy) is 1. The molecular weight excluding hydrogens is 374 g/mol.